The molecule has 0 saturated heterocycles. The zero-order valence-corrected chi connectivity index (χ0v) is 20.4. The second-order valence-electron chi connectivity index (χ2n) is 7.34. The summed E-state index contributed by atoms with van der Waals surface area (Å²) in [5, 5.41) is 8.00. The third-order valence-electron chi connectivity index (χ3n) is 5.19. The first-order chi connectivity index (χ1) is 15.1. The first-order valence-corrected chi connectivity index (χ1v) is 11.3. The highest BCUT2D eigenvalue weighted by Gasteiger charge is 2.10. The van der Waals surface area contributed by atoms with Gasteiger partial charge < -0.3 is 10.1 Å². The van der Waals surface area contributed by atoms with Crippen molar-refractivity contribution in [3.8, 4) is 5.75 Å². The van der Waals surface area contributed by atoms with E-state index in [0.717, 1.165) is 40.4 Å². The van der Waals surface area contributed by atoms with Crippen molar-refractivity contribution < 1.29 is 4.74 Å². The third-order valence-corrected chi connectivity index (χ3v) is 6.03. The minimum Gasteiger partial charge on any atom is -0.489 e. The summed E-state index contributed by atoms with van der Waals surface area (Å²) < 4.78 is 6.20. The van der Waals surface area contributed by atoms with Gasteiger partial charge in [0.2, 0.25) is 0 Å². The molecule has 0 atom stereocenters. The van der Waals surface area contributed by atoms with Crippen molar-refractivity contribution in [1.29, 1.82) is 0 Å². The Morgan fingerprint density at radius 3 is 2.31 bits per heavy atom. The Morgan fingerprint density at radius 1 is 0.781 bits per heavy atom. The zero-order valence-electron chi connectivity index (χ0n) is 17.3. The summed E-state index contributed by atoms with van der Waals surface area (Å²) in [6.07, 6.45) is 0.821. The van der Waals surface area contributed by atoms with Crippen LogP contribution in [0.15, 0.2) is 78.9 Å². The number of hydrogen-bond donors (Lipinski definition) is 1. The van der Waals surface area contributed by atoms with Crippen molar-refractivity contribution in [3.05, 3.63) is 111 Å². The summed E-state index contributed by atoms with van der Waals surface area (Å²) in [5.74, 6) is 0.880. The summed E-state index contributed by atoms with van der Waals surface area (Å²) >= 11 is 18.3. The first kappa shape index (κ1) is 24.7. The Kier molecular flexibility index (Phi) is 9.10. The van der Waals surface area contributed by atoms with Crippen LogP contribution < -0.4 is 10.1 Å². The van der Waals surface area contributed by atoms with E-state index in [-0.39, 0.29) is 12.4 Å². The van der Waals surface area contributed by atoms with Crippen LogP contribution in [-0.2, 0) is 19.6 Å². The molecule has 0 radical (unpaired) electrons. The maximum Gasteiger partial charge on any atom is 0.124 e. The molecule has 166 valence electrons. The SMILES string of the molecule is Cl.Clc1ccc(COc2ccc3ccccc3c2CNCCc2ccc(Cl)cc2Cl)cc1. The molecule has 0 saturated carbocycles. The number of nitrogens with one attached hydrogen (secondary N) is 1. The summed E-state index contributed by atoms with van der Waals surface area (Å²) in [5.41, 5.74) is 3.30. The van der Waals surface area contributed by atoms with Crippen LogP contribution >= 0.6 is 47.2 Å². The number of fused-ring (bicyclic) bond motifs is 1. The predicted molar refractivity (Wildman–Crippen MR) is 139 cm³/mol. The monoisotopic (exact) mass is 505 g/mol. The van der Waals surface area contributed by atoms with Crippen LogP contribution in [0.2, 0.25) is 15.1 Å². The predicted octanol–water partition coefficient (Wildman–Crippen LogP) is 8.13. The molecule has 32 heavy (non-hydrogen) atoms. The highest BCUT2D eigenvalue weighted by molar-refractivity contribution is 6.35. The lowest BCUT2D eigenvalue weighted by Crippen LogP contribution is -2.17. The molecule has 4 rings (SSSR count). The summed E-state index contributed by atoms with van der Waals surface area (Å²) in [4.78, 5) is 0. The molecule has 4 aromatic carbocycles. The molecule has 4 aromatic rings. The molecule has 0 heterocycles. The van der Waals surface area contributed by atoms with Crippen molar-refractivity contribution in [1.82, 2.24) is 5.32 Å². The molecule has 0 aliphatic rings. The highest BCUT2D eigenvalue weighted by Crippen LogP contribution is 2.29. The van der Waals surface area contributed by atoms with Gasteiger partial charge >= 0.3 is 0 Å². The lowest BCUT2D eigenvalue weighted by atomic mass is 10.0. The van der Waals surface area contributed by atoms with E-state index >= 15 is 0 Å². The Bertz CT molecular complexity index is 1180. The maximum absolute atomic E-state index is 6.30. The van der Waals surface area contributed by atoms with Gasteiger partial charge in [-0.2, -0.15) is 0 Å². The molecular weight excluding hydrogens is 484 g/mol. The molecule has 0 aliphatic carbocycles. The van der Waals surface area contributed by atoms with E-state index < -0.39 is 0 Å². The van der Waals surface area contributed by atoms with Crippen molar-refractivity contribution in [2.45, 2.75) is 19.6 Å². The minimum absolute atomic E-state index is 0. The average molecular weight is 507 g/mol. The molecule has 0 unspecified atom stereocenters. The van der Waals surface area contributed by atoms with Crippen LogP contribution in [-0.4, -0.2) is 6.54 Å². The van der Waals surface area contributed by atoms with E-state index in [2.05, 4.69) is 35.6 Å². The van der Waals surface area contributed by atoms with E-state index in [0.29, 0.717) is 23.2 Å². The van der Waals surface area contributed by atoms with Gasteiger partial charge in [-0.15, -0.1) is 12.4 Å². The van der Waals surface area contributed by atoms with Gasteiger partial charge in [0.05, 0.1) is 0 Å². The van der Waals surface area contributed by atoms with Gasteiger partial charge in [0.15, 0.2) is 0 Å². The summed E-state index contributed by atoms with van der Waals surface area (Å²) in [6.45, 7) is 1.98. The van der Waals surface area contributed by atoms with Gasteiger partial charge in [-0.3, -0.25) is 0 Å². The van der Waals surface area contributed by atoms with Gasteiger partial charge in [-0.05, 0) is 65.2 Å². The molecular formula is C26H23Cl4NO. The lowest BCUT2D eigenvalue weighted by molar-refractivity contribution is 0.303. The number of ether oxygens (including phenoxy) is 1. The molecule has 0 spiro atoms. The zero-order chi connectivity index (χ0) is 21.6. The van der Waals surface area contributed by atoms with Crippen molar-refractivity contribution in [3.63, 3.8) is 0 Å². The standard InChI is InChI=1S/C26H22Cl3NO.ClH/c27-21-9-5-18(6-10-21)17-31-26-12-8-19-3-1-2-4-23(19)24(26)16-30-14-13-20-7-11-22(28)15-25(20)29;/h1-12,15,30H,13-14,16-17H2;1H. The van der Waals surface area contributed by atoms with E-state index in [1.807, 2.05) is 42.5 Å². The Hall–Kier alpha value is -1.94. The first-order valence-electron chi connectivity index (χ1n) is 10.1. The van der Waals surface area contributed by atoms with Crippen LogP contribution in [0.3, 0.4) is 0 Å². The van der Waals surface area contributed by atoms with Crippen molar-refractivity contribution in [2.24, 2.45) is 0 Å². The number of hydrogen-bond acceptors (Lipinski definition) is 2. The topological polar surface area (TPSA) is 21.3 Å². The van der Waals surface area contributed by atoms with E-state index in [4.69, 9.17) is 39.5 Å². The van der Waals surface area contributed by atoms with Crippen LogP contribution in [0.1, 0.15) is 16.7 Å². The minimum atomic E-state index is 0. The van der Waals surface area contributed by atoms with Gasteiger partial charge in [-0.1, -0.05) is 83.3 Å². The molecule has 1 N–H and O–H groups in total. The normalized spacial score (nSPS) is 10.7. The van der Waals surface area contributed by atoms with Gasteiger partial charge in [0, 0.05) is 27.2 Å². The third kappa shape index (κ3) is 6.31. The van der Waals surface area contributed by atoms with E-state index in [9.17, 15) is 0 Å². The van der Waals surface area contributed by atoms with Crippen molar-refractivity contribution >= 4 is 58.0 Å². The molecule has 0 aliphatic heterocycles. The number of benzene rings is 4. The lowest BCUT2D eigenvalue weighted by Gasteiger charge is -2.15. The number of halogens is 4. The fraction of sp³-hybridized carbons (Fsp3) is 0.154. The molecule has 6 heteroatoms. The van der Waals surface area contributed by atoms with E-state index in [1.165, 1.54) is 10.8 Å². The van der Waals surface area contributed by atoms with Crippen LogP contribution in [0.5, 0.6) is 5.75 Å². The fourth-order valence-corrected chi connectivity index (χ4v) is 4.17. The van der Waals surface area contributed by atoms with Gasteiger partial charge in [0.25, 0.3) is 0 Å². The second kappa shape index (κ2) is 11.8. The van der Waals surface area contributed by atoms with Gasteiger partial charge in [-0.25, -0.2) is 0 Å². The molecule has 0 bridgehead atoms. The summed E-state index contributed by atoms with van der Waals surface area (Å²) in [7, 11) is 0. The van der Waals surface area contributed by atoms with Crippen LogP contribution in [0.4, 0.5) is 0 Å². The molecule has 0 amide bonds. The molecule has 0 fully saturated rings. The van der Waals surface area contributed by atoms with Crippen molar-refractivity contribution in [2.75, 3.05) is 6.54 Å². The smallest absolute Gasteiger partial charge is 0.124 e. The van der Waals surface area contributed by atoms with Gasteiger partial charge in [0.1, 0.15) is 12.4 Å². The highest BCUT2D eigenvalue weighted by atomic mass is 35.5. The molecule has 2 nitrogen and oxygen atoms in total. The number of rotatable bonds is 8. The Balaban J connectivity index is 0.00000289. The second-order valence-corrected chi connectivity index (χ2v) is 8.62. The average Bonchev–Trinajstić information content (AvgIpc) is 2.78. The van der Waals surface area contributed by atoms with E-state index in [1.54, 1.807) is 6.07 Å². The molecule has 0 aromatic heterocycles. The fourth-order valence-electron chi connectivity index (χ4n) is 3.54. The quantitative estimate of drug-likeness (QED) is 0.243. The van der Waals surface area contributed by atoms with Crippen LogP contribution in [0, 0.1) is 0 Å². The largest absolute Gasteiger partial charge is 0.489 e. The van der Waals surface area contributed by atoms with Crippen LogP contribution in [0.25, 0.3) is 10.8 Å². The Morgan fingerprint density at radius 2 is 1.53 bits per heavy atom. The Labute approximate surface area is 209 Å². The maximum atomic E-state index is 6.30. The summed E-state index contributed by atoms with van der Waals surface area (Å²) in [6, 6.07) is 25.9.